The highest BCUT2D eigenvalue weighted by atomic mass is 16.5. The Balaban J connectivity index is 3.64. The largest absolute Gasteiger partial charge is 0.505 e. The summed E-state index contributed by atoms with van der Waals surface area (Å²) in [5.74, 6) is -3.60. The molecule has 1 heterocycles. The number of aromatic nitrogens is 1. The number of carbonyl (C=O) groups excluding carboxylic acids is 3. The monoisotopic (exact) mass is 269 g/mol. The Morgan fingerprint density at radius 3 is 1.89 bits per heavy atom. The first kappa shape index (κ1) is 14.4. The molecule has 0 unspecified atom stereocenters. The van der Waals surface area contributed by atoms with Gasteiger partial charge in [0, 0.05) is 0 Å². The van der Waals surface area contributed by atoms with Crippen molar-refractivity contribution in [1.29, 1.82) is 0 Å². The first-order valence-electron chi connectivity index (χ1n) is 4.94. The normalized spacial score (nSPS) is 9.63. The molecule has 0 radical (unpaired) electrons. The molecule has 0 aliphatic heterocycles. The van der Waals surface area contributed by atoms with Crippen LogP contribution in [0.5, 0.6) is 5.75 Å². The molecule has 0 aromatic carbocycles. The summed E-state index contributed by atoms with van der Waals surface area (Å²) in [5, 5.41) is 9.59. The first-order chi connectivity index (χ1) is 8.97. The Kier molecular flexibility index (Phi) is 4.41. The molecule has 1 rings (SSSR count). The molecule has 102 valence electrons. The number of pyridine rings is 1. The van der Waals surface area contributed by atoms with Crippen molar-refractivity contribution in [2.75, 3.05) is 21.3 Å². The zero-order chi connectivity index (χ0) is 14.6. The van der Waals surface area contributed by atoms with Gasteiger partial charge < -0.3 is 19.3 Å². The van der Waals surface area contributed by atoms with Gasteiger partial charge in [-0.05, 0) is 0 Å². The summed E-state index contributed by atoms with van der Waals surface area (Å²) in [6.45, 7) is 0. The van der Waals surface area contributed by atoms with Gasteiger partial charge in [0.2, 0.25) is 0 Å². The van der Waals surface area contributed by atoms with Crippen molar-refractivity contribution in [3.05, 3.63) is 23.0 Å². The molecule has 8 nitrogen and oxygen atoms in total. The van der Waals surface area contributed by atoms with Gasteiger partial charge in [0.15, 0.2) is 5.69 Å². The van der Waals surface area contributed by atoms with Crippen LogP contribution in [0.2, 0.25) is 0 Å². The van der Waals surface area contributed by atoms with Gasteiger partial charge in [-0.3, -0.25) is 0 Å². The van der Waals surface area contributed by atoms with Crippen molar-refractivity contribution in [2.45, 2.75) is 0 Å². The van der Waals surface area contributed by atoms with Gasteiger partial charge in [-0.15, -0.1) is 0 Å². The van der Waals surface area contributed by atoms with Gasteiger partial charge in [0.25, 0.3) is 0 Å². The van der Waals surface area contributed by atoms with E-state index in [0.29, 0.717) is 0 Å². The van der Waals surface area contributed by atoms with Crippen LogP contribution in [0.25, 0.3) is 0 Å². The third-order valence-electron chi connectivity index (χ3n) is 2.22. The van der Waals surface area contributed by atoms with Crippen molar-refractivity contribution in [1.82, 2.24) is 4.98 Å². The second-order valence-corrected chi connectivity index (χ2v) is 3.22. The van der Waals surface area contributed by atoms with Crippen LogP contribution in [-0.4, -0.2) is 49.3 Å². The van der Waals surface area contributed by atoms with Gasteiger partial charge >= 0.3 is 17.9 Å². The van der Waals surface area contributed by atoms with E-state index < -0.39 is 40.5 Å². The Hall–Kier alpha value is -2.64. The van der Waals surface area contributed by atoms with Gasteiger partial charge in [-0.2, -0.15) is 0 Å². The number of methoxy groups -OCH3 is 3. The van der Waals surface area contributed by atoms with E-state index in [1.807, 2.05) is 0 Å². The molecule has 0 amide bonds. The maximum absolute atomic E-state index is 11.7. The zero-order valence-corrected chi connectivity index (χ0v) is 10.4. The number of carbonyl (C=O) groups is 3. The molecular formula is C11H11NO7. The lowest BCUT2D eigenvalue weighted by molar-refractivity contribution is 0.0529. The molecule has 0 saturated heterocycles. The fraction of sp³-hybridized carbons (Fsp3) is 0.273. The molecule has 1 aromatic heterocycles. The molecule has 1 N–H and O–H groups in total. The van der Waals surface area contributed by atoms with Gasteiger partial charge in [-0.1, -0.05) is 0 Å². The van der Waals surface area contributed by atoms with E-state index in [4.69, 9.17) is 0 Å². The van der Waals surface area contributed by atoms with Crippen LogP contribution in [-0.2, 0) is 14.2 Å². The number of nitrogens with zero attached hydrogens (tertiary/aromatic N) is 1. The highest BCUT2D eigenvalue weighted by molar-refractivity contribution is 6.10. The molecule has 0 aliphatic rings. The van der Waals surface area contributed by atoms with Crippen LogP contribution >= 0.6 is 0 Å². The quantitative estimate of drug-likeness (QED) is 0.609. The maximum atomic E-state index is 11.7. The lowest BCUT2D eigenvalue weighted by Gasteiger charge is -2.11. The van der Waals surface area contributed by atoms with Crippen LogP contribution < -0.4 is 0 Å². The number of aromatic hydroxyl groups is 1. The van der Waals surface area contributed by atoms with Crippen LogP contribution in [0.1, 0.15) is 31.2 Å². The minimum atomic E-state index is -1.02. The highest BCUT2D eigenvalue weighted by Crippen LogP contribution is 2.24. The summed E-state index contributed by atoms with van der Waals surface area (Å²) < 4.78 is 13.3. The van der Waals surface area contributed by atoms with Crippen molar-refractivity contribution >= 4 is 17.9 Å². The van der Waals surface area contributed by atoms with E-state index in [-0.39, 0.29) is 0 Å². The van der Waals surface area contributed by atoms with E-state index in [9.17, 15) is 19.5 Å². The predicted molar refractivity (Wildman–Crippen MR) is 59.9 cm³/mol. The van der Waals surface area contributed by atoms with Crippen LogP contribution in [0, 0.1) is 0 Å². The minimum Gasteiger partial charge on any atom is -0.505 e. The van der Waals surface area contributed by atoms with Gasteiger partial charge in [0.1, 0.15) is 16.9 Å². The second-order valence-electron chi connectivity index (χ2n) is 3.22. The molecule has 0 saturated carbocycles. The lowest BCUT2D eigenvalue weighted by Crippen LogP contribution is -2.19. The number of hydrogen-bond donors (Lipinski definition) is 1. The van der Waals surface area contributed by atoms with Crippen LogP contribution in [0.4, 0.5) is 0 Å². The van der Waals surface area contributed by atoms with E-state index in [0.717, 1.165) is 27.5 Å². The second kappa shape index (κ2) is 5.80. The molecule has 0 atom stereocenters. The average Bonchev–Trinajstić information content (AvgIpc) is 2.44. The van der Waals surface area contributed by atoms with E-state index in [1.165, 1.54) is 0 Å². The Morgan fingerprint density at radius 1 is 0.947 bits per heavy atom. The first-order valence-corrected chi connectivity index (χ1v) is 4.94. The summed E-state index contributed by atoms with van der Waals surface area (Å²) in [5.41, 5.74) is -1.47. The Morgan fingerprint density at radius 2 is 1.42 bits per heavy atom. The SMILES string of the molecule is COC(=O)c1ncc(O)c(C(=O)OC)c1C(=O)OC. The number of rotatable bonds is 3. The molecule has 19 heavy (non-hydrogen) atoms. The Bertz CT molecular complexity index is 538. The molecule has 0 fully saturated rings. The fourth-order valence-corrected chi connectivity index (χ4v) is 1.36. The lowest BCUT2D eigenvalue weighted by atomic mass is 10.1. The summed E-state index contributed by atoms with van der Waals surface area (Å²) in [7, 11) is 3.19. The molecule has 8 heteroatoms. The van der Waals surface area contributed by atoms with E-state index in [1.54, 1.807) is 0 Å². The van der Waals surface area contributed by atoms with Gasteiger partial charge in [-0.25, -0.2) is 19.4 Å². The number of esters is 3. The summed E-state index contributed by atoms with van der Waals surface area (Å²) >= 11 is 0. The summed E-state index contributed by atoms with van der Waals surface area (Å²) in [4.78, 5) is 38.3. The van der Waals surface area contributed by atoms with Crippen molar-refractivity contribution in [3.8, 4) is 5.75 Å². The average molecular weight is 269 g/mol. The van der Waals surface area contributed by atoms with Crippen molar-refractivity contribution < 1.29 is 33.7 Å². The summed E-state index contributed by atoms with van der Waals surface area (Å²) in [6.07, 6.45) is 0.838. The molecule has 0 aliphatic carbocycles. The highest BCUT2D eigenvalue weighted by Gasteiger charge is 2.30. The fourth-order valence-electron chi connectivity index (χ4n) is 1.36. The predicted octanol–water partition coefficient (Wildman–Crippen LogP) is 0.147. The number of ether oxygens (including phenoxy) is 3. The molecule has 0 bridgehead atoms. The maximum Gasteiger partial charge on any atom is 0.357 e. The molecule has 0 spiro atoms. The van der Waals surface area contributed by atoms with Crippen LogP contribution in [0.3, 0.4) is 0 Å². The number of hydrogen-bond acceptors (Lipinski definition) is 8. The third-order valence-corrected chi connectivity index (χ3v) is 2.22. The van der Waals surface area contributed by atoms with Crippen molar-refractivity contribution in [3.63, 3.8) is 0 Å². The standard InChI is InChI=1S/C11H11NO7/c1-17-9(14)6-5(13)4-12-8(11(16)19-3)7(6)10(15)18-2/h4,13H,1-3H3. The van der Waals surface area contributed by atoms with Crippen molar-refractivity contribution in [2.24, 2.45) is 0 Å². The Labute approximate surface area is 107 Å². The smallest absolute Gasteiger partial charge is 0.357 e. The van der Waals surface area contributed by atoms with Crippen LogP contribution in [0.15, 0.2) is 6.20 Å². The third kappa shape index (κ3) is 2.62. The topological polar surface area (TPSA) is 112 Å². The van der Waals surface area contributed by atoms with Gasteiger partial charge in [0.05, 0.1) is 27.5 Å². The molecule has 1 aromatic rings. The minimum absolute atomic E-state index is 0.451. The van der Waals surface area contributed by atoms with E-state index in [2.05, 4.69) is 19.2 Å². The van der Waals surface area contributed by atoms with E-state index >= 15 is 0 Å². The molecular weight excluding hydrogens is 258 g/mol. The summed E-state index contributed by atoms with van der Waals surface area (Å²) in [6, 6.07) is 0. The zero-order valence-electron chi connectivity index (χ0n) is 10.4.